The highest BCUT2D eigenvalue weighted by Crippen LogP contribution is 2.29. The van der Waals surface area contributed by atoms with Crippen LogP contribution in [-0.4, -0.2) is 29.9 Å². The van der Waals surface area contributed by atoms with Crippen LogP contribution >= 0.6 is 0 Å². The van der Waals surface area contributed by atoms with Crippen molar-refractivity contribution in [3.63, 3.8) is 0 Å². The molecule has 22 heavy (non-hydrogen) atoms. The average molecular weight is 305 g/mol. The van der Waals surface area contributed by atoms with Gasteiger partial charge in [0.2, 0.25) is 0 Å². The molecule has 0 saturated heterocycles. The molecule has 5 nitrogen and oxygen atoms in total. The van der Waals surface area contributed by atoms with Crippen molar-refractivity contribution in [2.45, 2.75) is 26.8 Å². The van der Waals surface area contributed by atoms with Crippen LogP contribution in [0.15, 0.2) is 35.5 Å². The standard InChI is InChI=1S/C16H20FN3O2/c1-4-20(5-2)15(21)13-10(3)18-16(22)19-14(13)11-8-6-7-9-12(11)17/h6-9,14H,4-5H2,1-3H3,(H2,18,19,22)/t14-/m0/s1. The third kappa shape index (κ3) is 2.95. The van der Waals surface area contributed by atoms with Crippen LogP contribution in [0.5, 0.6) is 0 Å². The van der Waals surface area contributed by atoms with Crippen molar-refractivity contribution in [3.05, 3.63) is 46.9 Å². The van der Waals surface area contributed by atoms with Crippen molar-refractivity contribution in [1.82, 2.24) is 15.5 Å². The number of urea groups is 1. The lowest BCUT2D eigenvalue weighted by Crippen LogP contribution is -2.48. The van der Waals surface area contributed by atoms with Gasteiger partial charge in [-0.25, -0.2) is 9.18 Å². The minimum Gasteiger partial charge on any atom is -0.339 e. The smallest absolute Gasteiger partial charge is 0.319 e. The van der Waals surface area contributed by atoms with Crippen molar-refractivity contribution in [1.29, 1.82) is 0 Å². The van der Waals surface area contributed by atoms with Crippen LogP contribution in [0.2, 0.25) is 0 Å². The quantitative estimate of drug-likeness (QED) is 0.897. The molecule has 1 aliphatic rings. The van der Waals surface area contributed by atoms with Crippen LogP contribution in [-0.2, 0) is 4.79 Å². The number of benzene rings is 1. The van der Waals surface area contributed by atoms with Gasteiger partial charge < -0.3 is 15.5 Å². The Kier molecular flexibility index (Phi) is 4.80. The summed E-state index contributed by atoms with van der Waals surface area (Å²) in [7, 11) is 0. The van der Waals surface area contributed by atoms with Gasteiger partial charge in [-0.2, -0.15) is 0 Å². The normalized spacial score (nSPS) is 17.8. The van der Waals surface area contributed by atoms with Crippen molar-refractivity contribution in [3.8, 4) is 0 Å². The summed E-state index contributed by atoms with van der Waals surface area (Å²) in [4.78, 5) is 26.1. The van der Waals surface area contributed by atoms with Gasteiger partial charge in [0.05, 0.1) is 11.6 Å². The maximum absolute atomic E-state index is 14.1. The zero-order chi connectivity index (χ0) is 16.3. The summed E-state index contributed by atoms with van der Waals surface area (Å²) in [6, 6.07) is 4.92. The third-order valence-corrected chi connectivity index (χ3v) is 3.77. The number of hydrogen-bond donors (Lipinski definition) is 2. The summed E-state index contributed by atoms with van der Waals surface area (Å²) in [6.07, 6.45) is 0. The van der Waals surface area contributed by atoms with E-state index in [2.05, 4.69) is 10.6 Å². The van der Waals surface area contributed by atoms with Gasteiger partial charge in [0, 0.05) is 24.4 Å². The molecule has 0 aliphatic carbocycles. The number of halogens is 1. The highest BCUT2D eigenvalue weighted by atomic mass is 19.1. The molecular formula is C16H20FN3O2. The van der Waals surface area contributed by atoms with E-state index in [1.165, 1.54) is 6.07 Å². The Morgan fingerprint density at radius 3 is 2.50 bits per heavy atom. The van der Waals surface area contributed by atoms with Gasteiger partial charge in [-0.15, -0.1) is 0 Å². The summed E-state index contributed by atoms with van der Waals surface area (Å²) in [6.45, 7) is 6.51. The van der Waals surface area contributed by atoms with Gasteiger partial charge in [0.1, 0.15) is 5.82 Å². The molecule has 1 aromatic carbocycles. The van der Waals surface area contributed by atoms with Crippen LogP contribution in [0.1, 0.15) is 32.4 Å². The minimum absolute atomic E-state index is 0.205. The van der Waals surface area contributed by atoms with Gasteiger partial charge >= 0.3 is 6.03 Å². The van der Waals surface area contributed by atoms with Crippen molar-refractivity contribution < 1.29 is 14.0 Å². The maximum Gasteiger partial charge on any atom is 0.319 e. The van der Waals surface area contributed by atoms with E-state index in [0.29, 0.717) is 24.4 Å². The fourth-order valence-corrected chi connectivity index (χ4v) is 2.60. The number of nitrogens with zero attached hydrogens (tertiary/aromatic N) is 1. The van der Waals surface area contributed by atoms with Gasteiger partial charge in [0.15, 0.2) is 0 Å². The van der Waals surface area contributed by atoms with Gasteiger partial charge in [-0.1, -0.05) is 18.2 Å². The summed E-state index contributed by atoms with van der Waals surface area (Å²) < 4.78 is 14.1. The molecule has 1 heterocycles. The Balaban J connectivity index is 2.50. The zero-order valence-corrected chi connectivity index (χ0v) is 12.9. The van der Waals surface area contributed by atoms with E-state index in [1.807, 2.05) is 13.8 Å². The molecule has 2 N–H and O–H groups in total. The predicted octanol–water partition coefficient (Wildman–Crippen LogP) is 2.32. The van der Waals surface area contributed by atoms with Crippen LogP contribution < -0.4 is 10.6 Å². The lowest BCUT2D eigenvalue weighted by atomic mass is 9.94. The molecular weight excluding hydrogens is 285 g/mol. The van der Waals surface area contributed by atoms with Crippen LogP contribution in [0.3, 0.4) is 0 Å². The van der Waals surface area contributed by atoms with Crippen molar-refractivity contribution >= 4 is 11.9 Å². The Morgan fingerprint density at radius 2 is 1.91 bits per heavy atom. The lowest BCUT2D eigenvalue weighted by molar-refractivity contribution is -0.127. The summed E-state index contributed by atoms with van der Waals surface area (Å²) in [5, 5.41) is 5.23. The summed E-state index contributed by atoms with van der Waals surface area (Å²) in [5.74, 6) is -0.657. The molecule has 0 radical (unpaired) electrons. The Morgan fingerprint density at radius 1 is 1.27 bits per heavy atom. The SMILES string of the molecule is CCN(CC)C(=O)C1=C(C)NC(=O)N[C@H]1c1ccccc1F. The monoisotopic (exact) mass is 305 g/mol. The zero-order valence-electron chi connectivity index (χ0n) is 12.9. The predicted molar refractivity (Wildman–Crippen MR) is 81.4 cm³/mol. The van der Waals surface area contributed by atoms with E-state index in [9.17, 15) is 14.0 Å². The fourth-order valence-electron chi connectivity index (χ4n) is 2.60. The summed E-state index contributed by atoms with van der Waals surface area (Å²) in [5.41, 5.74) is 1.11. The van der Waals surface area contributed by atoms with Crippen molar-refractivity contribution in [2.75, 3.05) is 13.1 Å². The average Bonchev–Trinajstić information content (AvgIpc) is 2.48. The fraction of sp³-hybridized carbons (Fsp3) is 0.375. The molecule has 1 aliphatic heterocycles. The van der Waals surface area contributed by atoms with Crippen LogP contribution in [0, 0.1) is 5.82 Å². The van der Waals surface area contributed by atoms with Crippen molar-refractivity contribution in [2.24, 2.45) is 0 Å². The number of rotatable bonds is 4. The molecule has 0 spiro atoms. The molecule has 2 rings (SSSR count). The van der Waals surface area contributed by atoms with E-state index in [0.717, 1.165) is 0 Å². The molecule has 118 valence electrons. The molecule has 3 amide bonds. The second kappa shape index (κ2) is 6.60. The highest BCUT2D eigenvalue weighted by molar-refractivity contribution is 5.98. The van der Waals surface area contributed by atoms with Gasteiger partial charge in [-0.3, -0.25) is 4.79 Å². The molecule has 1 atom stereocenters. The van der Waals surface area contributed by atoms with E-state index >= 15 is 0 Å². The minimum atomic E-state index is -0.789. The molecule has 6 heteroatoms. The van der Waals surface area contributed by atoms with E-state index in [4.69, 9.17) is 0 Å². The summed E-state index contributed by atoms with van der Waals surface area (Å²) >= 11 is 0. The van der Waals surface area contributed by atoms with Crippen LogP contribution in [0.4, 0.5) is 9.18 Å². The highest BCUT2D eigenvalue weighted by Gasteiger charge is 2.34. The van der Waals surface area contributed by atoms with Gasteiger partial charge in [0.25, 0.3) is 5.91 Å². The molecule has 0 unspecified atom stereocenters. The van der Waals surface area contributed by atoms with E-state index < -0.39 is 17.9 Å². The number of likely N-dealkylation sites (N-methyl/N-ethyl adjacent to an activating group) is 1. The number of carbonyl (C=O) groups excluding carboxylic acids is 2. The number of carbonyl (C=O) groups is 2. The lowest BCUT2D eigenvalue weighted by Gasteiger charge is -2.31. The van der Waals surface area contributed by atoms with E-state index in [-0.39, 0.29) is 11.5 Å². The number of amides is 3. The van der Waals surface area contributed by atoms with E-state index in [1.54, 1.807) is 30.0 Å². The first-order valence-corrected chi connectivity index (χ1v) is 7.31. The topological polar surface area (TPSA) is 61.4 Å². The Hall–Kier alpha value is -2.37. The molecule has 0 aromatic heterocycles. The maximum atomic E-state index is 14.1. The molecule has 0 saturated carbocycles. The number of allylic oxidation sites excluding steroid dienone is 1. The first-order valence-electron chi connectivity index (χ1n) is 7.31. The number of nitrogens with one attached hydrogen (secondary N) is 2. The second-order valence-electron chi connectivity index (χ2n) is 5.07. The first kappa shape index (κ1) is 16.0. The molecule has 0 bridgehead atoms. The first-order chi connectivity index (χ1) is 10.5. The molecule has 1 aromatic rings. The largest absolute Gasteiger partial charge is 0.339 e. The second-order valence-corrected chi connectivity index (χ2v) is 5.07. The third-order valence-electron chi connectivity index (χ3n) is 3.77. The Labute approximate surface area is 129 Å². The number of hydrogen-bond acceptors (Lipinski definition) is 2. The van der Waals surface area contributed by atoms with Crippen LogP contribution in [0.25, 0.3) is 0 Å². The Bertz CT molecular complexity index is 624. The molecule has 0 fully saturated rings. The van der Waals surface area contributed by atoms with Gasteiger partial charge in [-0.05, 0) is 26.8 Å².